The lowest BCUT2D eigenvalue weighted by Crippen LogP contribution is -2.50. The van der Waals surface area contributed by atoms with Crippen LogP contribution in [0.2, 0.25) is 0 Å². The van der Waals surface area contributed by atoms with Gasteiger partial charge in [-0.25, -0.2) is 0 Å². The zero-order valence-electron chi connectivity index (χ0n) is 17.7. The van der Waals surface area contributed by atoms with Gasteiger partial charge in [0.1, 0.15) is 5.60 Å². The minimum Gasteiger partial charge on any atom is -0.358 e. The van der Waals surface area contributed by atoms with Crippen LogP contribution in [0.4, 0.5) is 0 Å². The van der Waals surface area contributed by atoms with Gasteiger partial charge in [-0.1, -0.05) is 31.2 Å². The average molecular weight is 402 g/mol. The zero-order valence-corrected chi connectivity index (χ0v) is 17.7. The summed E-state index contributed by atoms with van der Waals surface area (Å²) in [6.07, 6.45) is 7.75. The number of allylic oxidation sites excluding steroid dienone is 1. The highest BCUT2D eigenvalue weighted by molar-refractivity contribution is 5.97. The SMILES string of the molecule is CC1(C)OC23CCC4C(=CCC5Cc6c([nH]c7ccccc67)[C@@]54C)C2=CC(=O)C1O3. The standard InChI is InChI=1S/C26H27NO3/c1-24(2)23-21(28)13-19-16-9-8-14-12-17-15-6-4-5-7-20(15)27-22(17)25(14,3)18(16)10-11-26(19,29-23)30-24/h4-7,9,13-14,18,23,27H,8,10-12H2,1-3H3/t14?,18?,23?,25-,26?/m0/s1. The predicted molar refractivity (Wildman–Crippen MR) is 114 cm³/mol. The molecule has 4 heteroatoms. The Bertz CT molecular complexity index is 1200. The largest absolute Gasteiger partial charge is 0.358 e. The maximum Gasteiger partial charge on any atom is 0.196 e. The quantitative estimate of drug-likeness (QED) is 0.694. The molecule has 1 saturated carbocycles. The lowest BCUT2D eigenvalue weighted by molar-refractivity contribution is -0.175. The fraction of sp³-hybridized carbons (Fsp3) is 0.500. The highest BCUT2D eigenvalue weighted by Crippen LogP contribution is 2.63. The van der Waals surface area contributed by atoms with Gasteiger partial charge in [0.25, 0.3) is 0 Å². The molecule has 1 spiro atoms. The van der Waals surface area contributed by atoms with Gasteiger partial charge in [-0.3, -0.25) is 4.79 Å². The Hall–Kier alpha value is -2.17. The summed E-state index contributed by atoms with van der Waals surface area (Å²) in [7, 11) is 0. The van der Waals surface area contributed by atoms with Gasteiger partial charge in [-0.2, -0.15) is 0 Å². The number of aromatic nitrogens is 1. The van der Waals surface area contributed by atoms with E-state index in [1.165, 1.54) is 27.7 Å². The highest BCUT2D eigenvalue weighted by Gasteiger charge is 2.64. The van der Waals surface area contributed by atoms with E-state index in [-0.39, 0.29) is 11.2 Å². The molecule has 5 atom stereocenters. The molecule has 7 rings (SSSR count). The molecule has 30 heavy (non-hydrogen) atoms. The van der Waals surface area contributed by atoms with Gasteiger partial charge < -0.3 is 14.5 Å². The van der Waals surface area contributed by atoms with Gasteiger partial charge in [-0.05, 0) is 68.2 Å². The van der Waals surface area contributed by atoms with Crippen LogP contribution in [0.25, 0.3) is 10.9 Å². The minimum atomic E-state index is -0.741. The number of H-pyrrole nitrogens is 1. The van der Waals surface area contributed by atoms with Crippen molar-refractivity contribution in [3.63, 3.8) is 0 Å². The molecule has 2 bridgehead atoms. The summed E-state index contributed by atoms with van der Waals surface area (Å²) in [4.78, 5) is 16.7. The first kappa shape index (κ1) is 17.5. The molecule has 1 aromatic heterocycles. The molecule has 3 heterocycles. The van der Waals surface area contributed by atoms with E-state index in [1.807, 2.05) is 19.9 Å². The van der Waals surface area contributed by atoms with Gasteiger partial charge in [-0.15, -0.1) is 0 Å². The van der Waals surface area contributed by atoms with Crippen molar-refractivity contribution in [2.75, 3.05) is 0 Å². The second-order valence-corrected chi connectivity index (χ2v) is 10.6. The average Bonchev–Trinajstić information content (AvgIpc) is 3.29. The van der Waals surface area contributed by atoms with E-state index >= 15 is 0 Å². The number of carbonyl (C=O) groups is 1. The predicted octanol–water partition coefficient (Wildman–Crippen LogP) is 4.74. The second-order valence-electron chi connectivity index (χ2n) is 10.6. The van der Waals surface area contributed by atoms with E-state index in [2.05, 4.69) is 42.2 Å². The van der Waals surface area contributed by atoms with E-state index in [0.29, 0.717) is 11.8 Å². The van der Waals surface area contributed by atoms with E-state index in [0.717, 1.165) is 31.3 Å². The van der Waals surface area contributed by atoms with Crippen LogP contribution in [0.15, 0.2) is 47.6 Å². The molecular formula is C26H27NO3. The Morgan fingerprint density at radius 2 is 2.00 bits per heavy atom. The topological polar surface area (TPSA) is 51.3 Å². The Labute approximate surface area is 176 Å². The maximum atomic E-state index is 12.9. The number of fused-ring (bicyclic) bond motifs is 9. The number of nitrogens with one attached hydrogen (secondary N) is 1. The molecule has 2 aliphatic heterocycles. The Balaban J connectivity index is 1.38. The number of carbonyl (C=O) groups excluding carboxylic acids is 1. The van der Waals surface area contributed by atoms with Crippen LogP contribution in [0, 0.1) is 11.8 Å². The molecular weight excluding hydrogens is 374 g/mol. The van der Waals surface area contributed by atoms with E-state index in [9.17, 15) is 4.79 Å². The molecule has 5 aliphatic rings. The van der Waals surface area contributed by atoms with Crippen LogP contribution in [-0.2, 0) is 26.1 Å². The van der Waals surface area contributed by atoms with Crippen LogP contribution in [0.1, 0.15) is 51.3 Å². The van der Waals surface area contributed by atoms with Gasteiger partial charge in [0, 0.05) is 34.0 Å². The lowest BCUT2D eigenvalue weighted by Gasteiger charge is -2.51. The van der Waals surface area contributed by atoms with E-state index in [1.54, 1.807) is 0 Å². The summed E-state index contributed by atoms with van der Waals surface area (Å²) >= 11 is 0. The fourth-order valence-corrected chi connectivity index (χ4v) is 7.37. The van der Waals surface area contributed by atoms with Crippen molar-refractivity contribution in [2.24, 2.45) is 11.8 Å². The smallest absolute Gasteiger partial charge is 0.196 e. The van der Waals surface area contributed by atoms with Crippen molar-refractivity contribution in [3.8, 4) is 0 Å². The second kappa shape index (κ2) is 5.17. The van der Waals surface area contributed by atoms with Crippen LogP contribution in [-0.4, -0.2) is 28.3 Å². The van der Waals surface area contributed by atoms with Crippen molar-refractivity contribution >= 4 is 16.7 Å². The molecule has 0 radical (unpaired) electrons. The van der Waals surface area contributed by atoms with Crippen molar-refractivity contribution in [3.05, 3.63) is 58.8 Å². The molecule has 4 unspecified atom stereocenters. The maximum absolute atomic E-state index is 12.9. The molecule has 1 N–H and O–H groups in total. The third-order valence-corrected chi connectivity index (χ3v) is 8.77. The summed E-state index contributed by atoms with van der Waals surface area (Å²) in [5.41, 5.74) is 5.90. The molecule has 1 aromatic carbocycles. The van der Waals surface area contributed by atoms with Crippen molar-refractivity contribution in [2.45, 2.75) is 69.4 Å². The van der Waals surface area contributed by atoms with Gasteiger partial charge in [0.15, 0.2) is 17.7 Å². The number of hydrogen-bond donors (Lipinski definition) is 1. The number of para-hydroxylation sites is 1. The van der Waals surface area contributed by atoms with Crippen molar-refractivity contribution in [1.29, 1.82) is 0 Å². The number of benzene rings is 1. The first-order valence-electron chi connectivity index (χ1n) is 11.3. The van der Waals surface area contributed by atoms with E-state index in [4.69, 9.17) is 9.47 Å². The molecule has 3 aliphatic carbocycles. The fourth-order valence-electron chi connectivity index (χ4n) is 7.37. The normalized spacial score (nSPS) is 40.4. The Morgan fingerprint density at radius 3 is 2.87 bits per heavy atom. The summed E-state index contributed by atoms with van der Waals surface area (Å²) < 4.78 is 12.8. The van der Waals surface area contributed by atoms with Crippen LogP contribution in [0.5, 0.6) is 0 Å². The molecule has 2 fully saturated rings. The molecule has 1 saturated heterocycles. The number of hydrogen-bond acceptors (Lipinski definition) is 3. The van der Waals surface area contributed by atoms with E-state index < -0.39 is 17.5 Å². The first-order valence-corrected chi connectivity index (χ1v) is 11.3. The Kier molecular flexibility index (Phi) is 3.02. The third-order valence-electron chi connectivity index (χ3n) is 8.77. The number of rotatable bonds is 0. The molecule has 154 valence electrons. The lowest BCUT2D eigenvalue weighted by atomic mass is 9.56. The zero-order chi connectivity index (χ0) is 20.5. The number of aromatic amines is 1. The summed E-state index contributed by atoms with van der Waals surface area (Å²) in [6, 6.07) is 8.68. The third kappa shape index (κ3) is 1.85. The van der Waals surface area contributed by atoms with Crippen molar-refractivity contribution in [1.82, 2.24) is 4.98 Å². The molecule has 0 amide bonds. The van der Waals surface area contributed by atoms with Crippen LogP contribution in [0.3, 0.4) is 0 Å². The highest BCUT2D eigenvalue weighted by atomic mass is 16.8. The summed E-state index contributed by atoms with van der Waals surface area (Å²) in [5, 5.41) is 1.37. The van der Waals surface area contributed by atoms with Gasteiger partial charge in [0.05, 0.1) is 0 Å². The monoisotopic (exact) mass is 401 g/mol. The molecule has 2 aromatic rings. The Morgan fingerprint density at radius 1 is 1.17 bits per heavy atom. The molecule has 4 nitrogen and oxygen atoms in total. The summed E-state index contributed by atoms with van der Waals surface area (Å²) in [6.45, 7) is 6.41. The van der Waals surface area contributed by atoms with Crippen molar-refractivity contribution < 1.29 is 14.3 Å². The summed E-state index contributed by atoms with van der Waals surface area (Å²) in [5.74, 6) is 0.285. The van der Waals surface area contributed by atoms with Crippen LogP contribution < -0.4 is 0 Å². The number of ketones is 1. The van der Waals surface area contributed by atoms with Crippen LogP contribution >= 0.6 is 0 Å². The minimum absolute atomic E-state index is 0.0505. The first-order chi connectivity index (χ1) is 14.3. The van der Waals surface area contributed by atoms with Gasteiger partial charge in [0.2, 0.25) is 0 Å². The van der Waals surface area contributed by atoms with Gasteiger partial charge >= 0.3 is 0 Å². The number of ether oxygens (including phenoxy) is 2.